The van der Waals surface area contributed by atoms with E-state index in [4.69, 9.17) is 4.18 Å². The van der Waals surface area contributed by atoms with Gasteiger partial charge in [0.05, 0.1) is 12.9 Å². The standard InChI is InChI=1S/C19H36O3S/c1-3-4-5-6-7-8-9-10-11-12-13-14-15-16-17-18-19-22-23(2,20)21/h3-9,12-19H2,1-2H3. The highest BCUT2D eigenvalue weighted by molar-refractivity contribution is 7.85. The minimum Gasteiger partial charge on any atom is -0.270 e. The number of unbranched alkanes of at least 4 members (excludes halogenated alkanes) is 12. The van der Waals surface area contributed by atoms with E-state index >= 15 is 0 Å². The molecule has 136 valence electrons. The molecule has 4 heteroatoms. The van der Waals surface area contributed by atoms with Crippen molar-refractivity contribution >= 4 is 10.1 Å². The van der Waals surface area contributed by atoms with Crippen LogP contribution in [0.2, 0.25) is 0 Å². The second-order valence-corrected chi connectivity index (χ2v) is 7.91. The molecule has 0 rings (SSSR count). The first-order chi connectivity index (χ1) is 11.1. The molecule has 0 aliphatic rings. The van der Waals surface area contributed by atoms with Crippen molar-refractivity contribution in [2.24, 2.45) is 0 Å². The van der Waals surface area contributed by atoms with E-state index in [0.717, 1.165) is 38.4 Å². The van der Waals surface area contributed by atoms with E-state index in [1.165, 1.54) is 57.8 Å². The van der Waals surface area contributed by atoms with Crippen LogP contribution in [-0.2, 0) is 14.3 Å². The monoisotopic (exact) mass is 344 g/mol. The van der Waals surface area contributed by atoms with Crippen LogP contribution >= 0.6 is 0 Å². The zero-order valence-electron chi connectivity index (χ0n) is 15.2. The molecule has 0 spiro atoms. The minimum absolute atomic E-state index is 0.322. The Hall–Kier alpha value is -0.530. The SMILES string of the molecule is CCCCCCCCC#CCCCCCCCCOS(C)(=O)=O. The Labute approximate surface area is 144 Å². The fourth-order valence-electron chi connectivity index (χ4n) is 2.40. The third-order valence-corrected chi connectivity index (χ3v) is 4.37. The van der Waals surface area contributed by atoms with Crippen LogP contribution in [0.4, 0.5) is 0 Å². The third kappa shape index (κ3) is 21.5. The van der Waals surface area contributed by atoms with E-state index in [2.05, 4.69) is 18.8 Å². The largest absolute Gasteiger partial charge is 0.270 e. The lowest BCUT2D eigenvalue weighted by Crippen LogP contribution is -2.03. The minimum atomic E-state index is -3.26. The molecule has 0 fully saturated rings. The highest BCUT2D eigenvalue weighted by Crippen LogP contribution is 2.08. The average Bonchev–Trinajstić information content (AvgIpc) is 2.49. The molecule has 0 unspecified atom stereocenters. The molecule has 0 amide bonds. The highest BCUT2D eigenvalue weighted by Gasteiger charge is 2.00. The number of hydrogen-bond donors (Lipinski definition) is 0. The van der Waals surface area contributed by atoms with Crippen LogP contribution in [0.1, 0.15) is 96.8 Å². The maximum Gasteiger partial charge on any atom is 0.264 e. The summed E-state index contributed by atoms with van der Waals surface area (Å²) in [5.74, 6) is 6.56. The van der Waals surface area contributed by atoms with Gasteiger partial charge in [-0.15, -0.1) is 11.8 Å². The quantitative estimate of drug-likeness (QED) is 0.225. The first-order valence-electron chi connectivity index (χ1n) is 9.36. The molecule has 0 radical (unpaired) electrons. The van der Waals surface area contributed by atoms with Gasteiger partial charge in [-0.05, 0) is 19.3 Å². The normalized spacial score (nSPS) is 11.2. The smallest absolute Gasteiger partial charge is 0.264 e. The Morgan fingerprint density at radius 2 is 1.13 bits per heavy atom. The van der Waals surface area contributed by atoms with Crippen LogP contribution in [-0.4, -0.2) is 21.3 Å². The van der Waals surface area contributed by atoms with Crippen molar-refractivity contribution in [1.29, 1.82) is 0 Å². The highest BCUT2D eigenvalue weighted by atomic mass is 32.2. The van der Waals surface area contributed by atoms with Gasteiger partial charge in [-0.2, -0.15) is 8.42 Å². The van der Waals surface area contributed by atoms with Gasteiger partial charge >= 0.3 is 0 Å². The van der Waals surface area contributed by atoms with Gasteiger partial charge in [0, 0.05) is 12.8 Å². The van der Waals surface area contributed by atoms with E-state index in [1.807, 2.05) is 0 Å². The van der Waals surface area contributed by atoms with E-state index in [1.54, 1.807) is 0 Å². The molecular formula is C19H36O3S. The summed E-state index contributed by atoms with van der Waals surface area (Å²) in [5, 5.41) is 0. The first kappa shape index (κ1) is 22.5. The number of hydrogen-bond acceptors (Lipinski definition) is 3. The van der Waals surface area contributed by atoms with E-state index < -0.39 is 10.1 Å². The van der Waals surface area contributed by atoms with Gasteiger partial charge in [0.1, 0.15) is 0 Å². The molecule has 0 heterocycles. The Morgan fingerprint density at radius 1 is 0.696 bits per heavy atom. The molecule has 0 atom stereocenters. The van der Waals surface area contributed by atoms with Gasteiger partial charge in [-0.1, -0.05) is 64.7 Å². The summed E-state index contributed by atoms with van der Waals surface area (Å²) in [6.45, 7) is 2.57. The van der Waals surface area contributed by atoms with Crippen LogP contribution < -0.4 is 0 Å². The van der Waals surface area contributed by atoms with Crippen LogP contribution in [0.5, 0.6) is 0 Å². The molecule has 0 aromatic carbocycles. The lowest BCUT2D eigenvalue weighted by Gasteiger charge is -2.01. The molecule has 0 aliphatic carbocycles. The lowest BCUT2D eigenvalue weighted by atomic mass is 10.1. The second-order valence-electron chi connectivity index (χ2n) is 6.27. The molecule has 3 nitrogen and oxygen atoms in total. The van der Waals surface area contributed by atoms with Crippen LogP contribution in [0, 0.1) is 11.8 Å². The Bertz CT molecular complexity index is 404. The average molecular weight is 345 g/mol. The summed E-state index contributed by atoms with van der Waals surface area (Å²) in [5.41, 5.74) is 0. The molecule has 0 saturated carbocycles. The third-order valence-electron chi connectivity index (χ3n) is 3.77. The van der Waals surface area contributed by atoms with Gasteiger partial charge in [-0.3, -0.25) is 4.18 Å². The van der Waals surface area contributed by atoms with Crippen molar-refractivity contribution in [3.63, 3.8) is 0 Å². The molecule has 0 bridgehead atoms. The summed E-state index contributed by atoms with van der Waals surface area (Å²) in [7, 11) is -3.26. The fourth-order valence-corrected chi connectivity index (χ4v) is 2.82. The zero-order valence-corrected chi connectivity index (χ0v) is 16.1. The van der Waals surface area contributed by atoms with E-state index in [0.29, 0.717) is 6.61 Å². The Morgan fingerprint density at radius 3 is 1.61 bits per heavy atom. The van der Waals surface area contributed by atoms with Gasteiger partial charge in [0.25, 0.3) is 10.1 Å². The van der Waals surface area contributed by atoms with Crippen molar-refractivity contribution in [3.05, 3.63) is 0 Å². The molecule has 0 aliphatic heterocycles. The van der Waals surface area contributed by atoms with Crippen LogP contribution in [0.25, 0.3) is 0 Å². The number of rotatable bonds is 15. The van der Waals surface area contributed by atoms with Crippen molar-refractivity contribution in [1.82, 2.24) is 0 Å². The fraction of sp³-hybridized carbons (Fsp3) is 0.895. The predicted molar refractivity (Wildman–Crippen MR) is 98.9 cm³/mol. The predicted octanol–water partition coefficient (Wildman–Crippen LogP) is 5.45. The molecule has 0 aromatic rings. The summed E-state index contributed by atoms with van der Waals surface area (Å²) in [4.78, 5) is 0. The summed E-state index contributed by atoms with van der Waals surface area (Å²) in [6, 6.07) is 0. The molecule has 23 heavy (non-hydrogen) atoms. The summed E-state index contributed by atoms with van der Waals surface area (Å²) < 4.78 is 26.2. The molecular weight excluding hydrogens is 308 g/mol. The lowest BCUT2D eigenvalue weighted by molar-refractivity contribution is 0.309. The van der Waals surface area contributed by atoms with Crippen molar-refractivity contribution < 1.29 is 12.6 Å². The van der Waals surface area contributed by atoms with Gasteiger partial charge in [0.15, 0.2) is 0 Å². The summed E-state index contributed by atoms with van der Waals surface area (Å²) in [6.07, 6.45) is 17.8. The van der Waals surface area contributed by atoms with Crippen molar-refractivity contribution in [3.8, 4) is 11.8 Å². The van der Waals surface area contributed by atoms with Crippen molar-refractivity contribution in [2.45, 2.75) is 96.8 Å². The topological polar surface area (TPSA) is 43.4 Å². The molecule has 0 saturated heterocycles. The van der Waals surface area contributed by atoms with Gasteiger partial charge in [0.2, 0.25) is 0 Å². The Balaban J connectivity index is 3.17. The van der Waals surface area contributed by atoms with E-state index in [-0.39, 0.29) is 0 Å². The first-order valence-corrected chi connectivity index (χ1v) is 11.2. The van der Waals surface area contributed by atoms with Crippen molar-refractivity contribution in [2.75, 3.05) is 12.9 Å². The van der Waals surface area contributed by atoms with Gasteiger partial charge in [-0.25, -0.2) is 0 Å². The molecule has 0 N–H and O–H groups in total. The maximum absolute atomic E-state index is 10.8. The van der Waals surface area contributed by atoms with Crippen LogP contribution in [0.15, 0.2) is 0 Å². The Kier molecular flexibility index (Phi) is 16.0. The molecule has 0 aromatic heterocycles. The van der Waals surface area contributed by atoms with E-state index in [9.17, 15) is 8.42 Å². The second kappa shape index (κ2) is 16.3. The zero-order chi connectivity index (χ0) is 17.2. The summed E-state index contributed by atoms with van der Waals surface area (Å²) >= 11 is 0. The van der Waals surface area contributed by atoms with Crippen LogP contribution in [0.3, 0.4) is 0 Å². The van der Waals surface area contributed by atoms with Gasteiger partial charge < -0.3 is 0 Å². The maximum atomic E-state index is 10.8.